The third-order valence-corrected chi connectivity index (χ3v) is 5.82. The van der Waals surface area contributed by atoms with Crippen molar-refractivity contribution in [2.24, 2.45) is 5.92 Å². The van der Waals surface area contributed by atoms with E-state index in [0.29, 0.717) is 12.0 Å². The van der Waals surface area contributed by atoms with Crippen molar-refractivity contribution in [1.82, 2.24) is 25.1 Å². The topological polar surface area (TPSA) is 60.9 Å². The predicted octanol–water partition coefficient (Wildman–Crippen LogP) is 2.97. The zero-order valence-corrected chi connectivity index (χ0v) is 15.3. The van der Waals surface area contributed by atoms with Gasteiger partial charge in [0.1, 0.15) is 0 Å². The summed E-state index contributed by atoms with van der Waals surface area (Å²) in [5, 5.41) is 7.53. The fourth-order valence-corrected chi connectivity index (χ4v) is 4.50. The van der Waals surface area contributed by atoms with E-state index in [0.717, 1.165) is 37.8 Å². The number of H-pyrrole nitrogens is 1. The van der Waals surface area contributed by atoms with E-state index in [2.05, 4.69) is 54.2 Å². The molecule has 6 rings (SSSR count). The van der Waals surface area contributed by atoms with Crippen molar-refractivity contribution >= 4 is 5.95 Å². The van der Waals surface area contributed by atoms with Crippen LogP contribution in [0.4, 0.5) is 5.95 Å². The van der Waals surface area contributed by atoms with E-state index in [9.17, 15) is 0 Å². The lowest BCUT2D eigenvalue weighted by Crippen LogP contribution is -2.43. The molecule has 3 aromatic rings. The van der Waals surface area contributed by atoms with Crippen molar-refractivity contribution in [1.29, 1.82) is 0 Å². The van der Waals surface area contributed by atoms with Crippen LogP contribution in [0.3, 0.4) is 0 Å². The van der Waals surface area contributed by atoms with Crippen molar-refractivity contribution in [2.45, 2.75) is 25.4 Å². The first-order valence-corrected chi connectivity index (χ1v) is 9.70. The van der Waals surface area contributed by atoms with Crippen LogP contribution in [-0.2, 0) is 6.54 Å². The lowest BCUT2D eigenvalue weighted by Gasteiger charge is -2.35. The number of aromatic amines is 1. The van der Waals surface area contributed by atoms with Gasteiger partial charge in [0.25, 0.3) is 0 Å². The van der Waals surface area contributed by atoms with Crippen LogP contribution in [0, 0.1) is 5.92 Å². The molecule has 1 aromatic carbocycles. The van der Waals surface area contributed by atoms with E-state index >= 15 is 0 Å². The lowest BCUT2D eigenvalue weighted by atomic mass is 9.94. The van der Waals surface area contributed by atoms with E-state index in [-0.39, 0.29) is 0 Å². The lowest BCUT2D eigenvalue weighted by molar-refractivity contribution is 0.126. The maximum atomic E-state index is 4.48. The van der Waals surface area contributed by atoms with Gasteiger partial charge in [0.2, 0.25) is 5.95 Å². The molecule has 138 valence electrons. The number of nitrogens with one attached hydrogen (secondary N) is 1. The Morgan fingerprint density at radius 2 is 1.81 bits per heavy atom. The number of piperidine rings is 1. The predicted molar refractivity (Wildman–Crippen MR) is 105 cm³/mol. The summed E-state index contributed by atoms with van der Waals surface area (Å²) < 4.78 is 0. The van der Waals surface area contributed by atoms with Gasteiger partial charge >= 0.3 is 0 Å². The average Bonchev–Trinajstić information content (AvgIpc) is 2.99. The monoisotopic (exact) mass is 360 g/mol. The second-order valence-electron chi connectivity index (χ2n) is 7.62. The molecule has 0 amide bonds. The van der Waals surface area contributed by atoms with Crippen LogP contribution in [0.5, 0.6) is 0 Å². The van der Waals surface area contributed by atoms with E-state index in [4.69, 9.17) is 0 Å². The van der Waals surface area contributed by atoms with E-state index in [1.165, 1.54) is 24.0 Å². The largest absolute Gasteiger partial charge is 0.339 e. The molecule has 0 spiro atoms. The number of hydrogen-bond acceptors (Lipinski definition) is 5. The van der Waals surface area contributed by atoms with E-state index in [1.54, 1.807) is 0 Å². The summed E-state index contributed by atoms with van der Waals surface area (Å²) >= 11 is 0. The SMILES string of the molecule is c1ccc(-c2[nH]ncc2CN2C[C@H]3CC[C@@H]2CN(c2ncccn2)C3)cc1. The summed E-state index contributed by atoms with van der Waals surface area (Å²) in [5.41, 5.74) is 3.61. The number of benzene rings is 1. The molecule has 0 aliphatic carbocycles. The van der Waals surface area contributed by atoms with Crippen LogP contribution in [0.25, 0.3) is 11.3 Å². The molecule has 2 bridgehead atoms. The van der Waals surface area contributed by atoms with Gasteiger partial charge in [-0.15, -0.1) is 0 Å². The van der Waals surface area contributed by atoms with Gasteiger partial charge in [-0.25, -0.2) is 9.97 Å². The molecule has 2 atom stereocenters. The summed E-state index contributed by atoms with van der Waals surface area (Å²) in [6.07, 6.45) is 8.20. The normalized spacial score (nSPS) is 22.7. The van der Waals surface area contributed by atoms with Crippen LogP contribution in [0.2, 0.25) is 0 Å². The first-order valence-electron chi connectivity index (χ1n) is 9.70. The molecule has 5 heterocycles. The molecule has 3 aliphatic rings. The zero-order valence-electron chi connectivity index (χ0n) is 15.3. The minimum absolute atomic E-state index is 0.533. The van der Waals surface area contributed by atoms with E-state index in [1.807, 2.05) is 30.7 Å². The van der Waals surface area contributed by atoms with Crippen LogP contribution >= 0.6 is 0 Å². The Kier molecular flexibility index (Phi) is 4.33. The maximum absolute atomic E-state index is 4.48. The first-order chi connectivity index (χ1) is 13.4. The van der Waals surface area contributed by atoms with Crippen molar-refractivity contribution in [3.63, 3.8) is 0 Å². The minimum Gasteiger partial charge on any atom is -0.339 e. The molecule has 3 fully saturated rings. The van der Waals surface area contributed by atoms with Gasteiger partial charge in [0.15, 0.2) is 0 Å². The van der Waals surface area contributed by atoms with Gasteiger partial charge in [-0.3, -0.25) is 10.00 Å². The minimum atomic E-state index is 0.533. The second kappa shape index (κ2) is 7.12. The van der Waals surface area contributed by atoms with Crippen molar-refractivity contribution in [2.75, 3.05) is 24.5 Å². The Morgan fingerprint density at radius 3 is 2.67 bits per heavy atom. The molecule has 6 nitrogen and oxygen atoms in total. The Bertz CT molecular complexity index is 878. The van der Waals surface area contributed by atoms with Crippen molar-refractivity contribution < 1.29 is 0 Å². The maximum Gasteiger partial charge on any atom is 0.225 e. The number of nitrogens with zero attached hydrogens (tertiary/aromatic N) is 5. The van der Waals surface area contributed by atoms with Gasteiger partial charge in [-0.05, 0) is 30.4 Å². The van der Waals surface area contributed by atoms with Gasteiger partial charge in [-0.2, -0.15) is 5.10 Å². The Morgan fingerprint density at radius 1 is 0.963 bits per heavy atom. The summed E-state index contributed by atoms with van der Waals surface area (Å²) in [6, 6.07) is 12.9. The standard InChI is InChI=1S/C21H24N6/c1-2-5-17(6-3-1)20-18(11-24-25-20)14-26-12-16-7-8-19(26)15-27(13-16)21-22-9-4-10-23-21/h1-6,9-11,16,19H,7-8,12-15H2,(H,24,25)/t16-,19-/m1/s1. The average molecular weight is 360 g/mol. The Labute approximate surface area is 159 Å². The molecule has 1 N–H and O–H groups in total. The number of hydrogen-bond donors (Lipinski definition) is 1. The molecular formula is C21H24N6. The Hall–Kier alpha value is -2.73. The second-order valence-corrected chi connectivity index (χ2v) is 7.62. The smallest absolute Gasteiger partial charge is 0.225 e. The fraction of sp³-hybridized carbons (Fsp3) is 0.381. The van der Waals surface area contributed by atoms with Gasteiger partial charge < -0.3 is 4.90 Å². The van der Waals surface area contributed by atoms with Crippen molar-refractivity contribution in [3.05, 3.63) is 60.6 Å². The summed E-state index contributed by atoms with van der Waals surface area (Å²) in [6.45, 7) is 4.12. The molecule has 3 aliphatic heterocycles. The molecule has 3 saturated heterocycles. The van der Waals surface area contributed by atoms with Gasteiger partial charge in [-0.1, -0.05) is 30.3 Å². The van der Waals surface area contributed by atoms with Gasteiger partial charge in [0, 0.05) is 50.2 Å². The van der Waals surface area contributed by atoms with Gasteiger partial charge in [0.05, 0.1) is 11.9 Å². The number of fused-ring (bicyclic) bond motifs is 4. The third kappa shape index (κ3) is 3.32. The zero-order chi connectivity index (χ0) is 18.1. The van der Waals surface area contributed by atoms with Crippen LogP contribution in [0.1, 0.15) is 18.4 Å². The molecule has 27 heavy (non-hydrogen) atoms. The molecular weight excluding hydrogens is 336 g/mol. The fourth-order valence-electron chi connectivity index (χ4n) is 4.50. The van der Waals surface area contributed by atoms with Crippen LogP contribution in [0.15, 0.2) is 55.0 Å². The number of rotatable bonds is 4. The molecule has 2 aromatic heterocycles. The summed E-state index contributed by atoms with van der Waals surface area (Å²) in [7, 11) is 0. The van der Waals surface area contributed by atoms with Crippen LogP contribution < -0.4 is 4.90 Å². The Balaban J connectivity index is 1.36. The highest BCUT2D eigenvalue weighted by atomic mass is 15.3. The van der Waals surface area contributed by atoms with Crippen molar-refractivity contribution in [3.8, 4) is 11.3 Å². The summed E-state index contributed by atoms with van der Waals surface area (Å²) in [4.78, 5) is 14.0. The molecule has 0 radical (unpaired) electrons. The molecule has 6 heteroatoms. The number of aromatic nitrogens is 4. The summed E-state index contributed by atoms with van der Waals surface area (Å²) in [5.74, 6) is 1.53. The van der Waals surface area contributed by atoms with E-state index < -0.39 is 0 Å². The number of anilines is 1. The first kappa shape index (κ1) is 16.4. The molecule has 0 unspecified atom stereocenters. The highest BCUT2D eigenvalue weighted by Crippen LogP contribution is 2.32. The van der Waals surface area contributed by atoms with Crippen LogP contribution in [-0.4, -0.2) is 50.7 Å². The highest BCUT2D eigenvalue weighted by Gasteiger charge is 2.35. The molecule has 0 saturated carbocycles. The highest BCUT2D eigenvalue weighted by molar-refractivity contribution is 5.62. The third-order valence-electron chi connectivity index (χ3n) is 5.82. The quantitative estimate of drug-likeness (QED) is 0.775.